The van der Waals surface area contributed by atoms with E-state index in [1.165, 1.54) is 18.4 Å². The van der Waals surface area contributed by atoms with Gasteiger partial charge in [-0.3, -0.25) is 0 Å². The quantitative estimate of drug-likeness (QED) is 0.562. The third kappa shape index (κ3) is 2.53. The van der Waals surface area contributed by atoms with Crippen molar-refractivity contribution in [2.24, 2.45) is 0 Å². The van der Waals surface area contributed by atoms with Crippen LogP contribution in [0.5, 0.6) is 0 Å². The van der Waals surface area contributed by atoms with Crippen molar-refractivity contribution < 1.29 is 8.78 Å². The molecule has 0 bridgehead atoms. The highest BCUT2D eigenvalue weighted by molar-refractivity contribution is 5.92. The zero-order valence-electron chi connectivity index (χ0n) is 14.9. The van der Waals surface area contributed by atoms with Crippen molar-refractivity contribution in [2.45, 2.75) is 43.6 Å². The summed E-state index contributed by atoms with van der Waals surface area (Å²) in [6.45, 7) is 0. The summed E-state index contributed by atoms with van der Waals surface area (Å²) in [5.74, 6) is -1.64. The molecular formula is C19H17F2N7. The van der Waals surface area contributed by atoms with E-state index in [1.807, 2.05) is 24.7 Å². The SMILES string of the molecule is FC1(F)CC(Nc2ncc3c(-c4ccn5ncc(C6CC6)c5n4)c[nH]c3n2)C1. The second-order valence-electron chi connectivity index (χ2n) is 7.72. The third-order valence-corrected chi connectivity index (χ3v) is 5.54. The van der Waals surface area contributed by atoms with Crippen LogP contribution in [0.1, 0.15) is 37.2 Å². The average Bonchev–Trinajstić information content (AvgIpc) is 3.26. The topological polar surface area (TPSA) is 83.8 Å². The molecule has 2 fully saturated rings. The highest BCUT2D eigenvalue weighted by Gasteiger charge is 2.45. The lowest BCUT2D eigenvalue weighted by atomic mass is 9.88. The first-order valence-electron chi connectivity index (χ1n) is 9.39. The van der Waals surface area contributed by atoms with Gasteiger partial charge in [-0.1, -0.05) is 0 Å². The molecule has 0 amide bonds. The maximum atomic E-state index is 13.0. The number of rotatable bonds is 4. The van der Waals surface area contributed by atoms with Crippen LogP contribution in [0, 0.1) is 0 Å². The van der Waals surface area contributed by atoms with Gasteiger partial charge in [0.2, 0.25) is 5.95 Å². The zero-order valence-corrected chi connectivity index (χ0v) is 14.9. The molecule has 2 aliphatic carbocycles. The van der Waals surface area contributed by atoms with Crippen LogP contribution >= 0.6 is 0 Å². The molecule has 28 heavy (non-hydrogen) atoms. The number of nitrogens with zero attached hydrogens (tertiary/aromatic N) is 5. The molecule has 142 valence electrons. The molecule has 2 saturated carbocycles. The predicted octanol–water partition coefficient (Wildman–Crippen LogP) is 3.75. The minimum atomic E-state index is -2.57. The van der Waals surface area contributed by atoms with Crippen LogP contribution in [0.25, 0.3) is 27.9 Å². The Hall–Kier alpha value is -3.10. The molecule has 7 nitrogen and oxygen atoms in total. The van der Waals surface area contributed by atoms with E-state index in [0.29, 0.717) is 17.5 Å². The standard InChI is InChI=1S/C19H17F2N7/c20-19(21)5-11(6-19)25-18-23-8-14-13(7-22-16(14)27-18)15-3-4-28-17(26-15)12(9-24-28)10-1-2-10/h3-4,7-11H,1-2,5-6H2,(H2,22,23,25,27). The summed E-state index contributed by atoms with van der Waals surface area (Å²) in [4.78, 5) is 16.7. The van der Waals surface area contributed by atoms with Crippen LogP contribution in [0.2, 0.25) is 0 Å². The molecule has 6 rings (SSSR count). The number of aromatic amines is 1. The first-order chi connectivity index (χ1) is 13.6. The predicted molar refractivity (Wildman–Crippen MR) is 99.4 cm³/mol. The fourth-order valence-corrected chi connectivity index (χ4v) is 3.85. The van der Waals surface area contributed by atoms with Gasteiger partial charge in [0.15, 0.2) is 5.65 Å². The first kappa shape index (κ1) is 15.9. The Balaban J connectivity index is 1.34. The van der Waals surface area contributed by atoms with E-state index in [9.17, 15) is 8.78 Å². The Bertz CT molecular complexity index is 1200. The lowest BCUT2D eigenvalue weighted by molar-refractivity contribution is -0.0794. The second-order valence-corrected chi connectivity index (χ2v) is 7.72. The molecule has 2 aliphatic rings. The summed E-state index contributed by atoms with van der Waals surface area (Å²) < 4.78 is 27.8. The van der Waals surface area contributed by atoms with Crippen LogP contribution in [-0.4, -0.2) is 41.5 Å². The van der Waals surface area contributed by atoms with Gasteiger partial charge in [-0.25, -0.2) is 23.3 Å². The highest BCUT2D eigenvalue weighted by Crippen LogP contribution is 2.42. The summed E-state index contributed by atoms with van der Waals surface area (Å²) in [5, 5.41) is 8.20. The van der Waals surface area contributed by atoms with E-state index in [1.54, 1.807) is 10.7 Å². The van der Waals surface area contributed by atoms with Crippen LogP contribution in [-0.2, 0) is 0 Å². The van der Waals surface area contributed by atoms with Crippen LogP contribution < -0.4 is 5.32 Å². The van der Waals surface area contributed by atoms with Crippen LogP contribution in [0.15, 0.2) is 30.9 Å². The maximum absolute atomic E-state index is 13.0. The van der Waals surface area contributed by atoms with Gasteiger partial charge in [-0.15, -0.1) is 0 Å². The summed E-state index contributed by atoms with van der Waals surface area (Å²) in [5.41, 5.74) is 4.46. The van der Waals surface area contributed by atoms with Crippen LogP contribution in [0.4, 0.5) is 14.7 Å². The summed E-state index contributed by atoms with van der Waals surface area (Å²) in [6.07, 6.45) is 9.41. The van der Waals surface area contributed by atoms with Gasteiger partial charge in [0.25, 0.3) is 5.92 Å². The van der Waals surface area contributed by atoms with Gasteiger partial charge in [0.05, 0.1) is 11.9 Å². The normalized spacial score (nSPS) is 19.2. The number of fused-ring (bicyclic) bond motifs is 2. The van der Waals surface area contributed by atoms with E-state index >= 15 is 0 Å². The molecule has 2 N–H and O–H groups in total. The number of nitrogens with one attached hydrogen (secondary N) is 2. The summed E-state index contributed by atoms with van der Waals surface area (Å²) in [6, 6.07) is 1.63. The first-order valence-corrected chi connectivity index (χ1v) is 9.39. The van der Waals surface area contributed by atoms with E-state index in [4.69, 9.17) is 4.98 Å². The number of alkyl halides is 2. The van der Waals surface area contributed by atoms with Gasteiger partial charge in [0.1, 0.15) is 5.65 Å². The second kappa shape index (κ2) is 5.46. The minimum absolute atomic E-state index is 0.178. The van der Waals surface area contributed by atoms with Gasteiger partial charge in [-0.05, 0) is 24.8 Å². The summed E-state index contributed by atoms with van der Waals surface area (Å²) in [7, 11) is 0. The van der Waals surface area contributed by atoms with E-state index in [0.717, 1.165) is 22.3 Å². The van der Waals surface area contributed by atoms with E-state index in [2.05, 4.69) is 25.4 Å². The molecule has 0 aromatic carbocycles. The monoisotopic (exact) mass is 381 g/mol. The lowest BCUT2D eigenvalue weighted by Crippen LogP contribution is -2.44. The molecule has 0 aliphatic heterocycles. The average molecular weight is 381 g/mol. The Morgan fingerprint density at radius 1 is 1.18 bits per heavy atom. The number of hydrogen-bond acceptors (Lipinski definition) is 5. The van der Waals surface area contributed by atoms with E-state index in [-0.39, 0.29) is 18.9 Å². The molecule has 0 atom stereocenters. The van der Waals surface area contributed by atoms with Crippen molar-refractivity contribution in [2.75, 3.05) is 5.32 Å². The van der Waals surface area contributed by atoms with E-state index < -0.39 is 5.92 Å². The van der Waals surface area contributed by atoms with Crippen molar-refractivity contribution in [1.29, 1.82) is 0 Å². The molecule has 9 heteroatoms. The minimum Gasteiger partial charge on any atom is -0.351 e. The maximum Gasteiger partial charge on any atom is 0.252 e. The van der Waals surface area contributed by atoms with Gasteiger partial charge in [-0.2, -0.15) is 10.1 Å². The molecule has 4 heterocycles. The zero-order chi connectivity index (χ0) is 18.9. The van der Waals surface area contributed by atoms with Gasteiger partial charge in [0, 0.05) is 54.0 Å². The largest absolute Gasteiger partial charge is 0.351 e. The molecule has 0 radical (unpaired) electrons. The number of halogens is 2. The number of anilines is 1. The fourth-order valence-electron chi connectivity index (χ4n) is 3.85. The lowest BCUT2D eigenvalue weighted by Gasteiger charge is -2.35. The Labute approximate surface area is 158 Å². The molecular weight excluding hydrogens is 364 g/mol. The number of hydrogen-bond donors (Lipinski definition) is 2. The number of H-pyrrole nitrogens is 1. The van der Waals surface area contributed by atoms with Crippen molar-refractivity contribution in [3.05, 3.63) is 36.4 Å². The Morgan fingerprint density at radius 2 is 2.04 bits per heavy atom. The molecule has 0 unspecified atom stereocenters. The van der Waals surface area contributed by atoms with Crippen LogP contribution in [0.3, 0.4) is 0 Å². The van der Waals surface area contributed by atoms with Gasteiger partial charge < -0.3 is 10.3 Å². The van der Waals surface area contributed by atoms with Crippen molar-refractivity contribution in [1.82, 2.24) is 29.5 Å². The smallest absolute Gasteiger partial charge is 0.252 e. The highest BCUT2D eigenvalue weighted by atomic mass is 19.3. The molecule has 4 aromatic rings. The Kier molecular flexibility index (Phi) is 3.10. The Morgan fingerprint density at radius 3 is 2.82 bits per heavy atom. The molecule has 0 spiro atoms. The summed E-state index contributed by atoms with van der Waals surface area (Å²) >= 11 is 0. The molecule has 4 aromatic heterocycles. The van der Waals surface area contributed by atoms with Crippen molar-refractivity contribution in [3.8, 4) is 11.3 Å². The number of aromatic nitrogens is 6. The molecule has 0 saturated heterocycles. The van der Waals surface area contributed by atoms with Gasteiger partial charge >= 0.3 is 0 Å². The third-order valence-electron chi connectivity index (χ3n) is 5.54. The fraction of sp³-hybridized carbons (Fsp3) is 0.368. The van der Waals surface area contributed by atoms with Crippen molar-refractivity contribution in [3.63, 3.8) is 0 Å². The van der Waals surface area contributed by atoms with Crippen molar-refractivity contribution >= 4 is 22.6 Å².